The highest BCUT2D eigenvalue weighted by molar-refractivity contribution is 5.91. The molecule has 0 fully saturated rings. The summed E-state index contributed by atoms with van der Waals surface area (Å²) in [5.41, 5.74) is 3.01. The highest BCUT2D eigenvalue weighted by atomic mass is 16.4. The van der Waals surface area contributed by atoms with Gasteiger partial charge in [-0.2, -0.15) is 0 Å². The standard InChI is InChI=1S/C18H17NO4/c20-15(21)10-9-12-16-13(18(22)23)7-4-8-14(16)19-17(12)11-5-2-1-3-6-11/h1-8,12,17,19H,9-10H2,(H,20,21)(H,22,23)/p+1. The third-order valence-electron chi connectivity index (χ3n) is 4.39. The molecule has 4 N–H and O–H groups in total. The van der Waals surface area contributed by atoms with E-state index in [1.165, 1.54) is 0 Å². The van der Waals surface area contributed by atoms with Gasteiger partial charge >= 0.3 is 11.9 Å². The number of benzene rings is 2. The van der Waals surface area contributed by atoms with Crippen molar-refractivity contribution in [1.29, 1.82) is 0 Å². The van der Waals surface area contributed by atoms with Crippen molar-refractivity contribution in [3.8, 4) is 0 Å². The average molecular weight is 312 g/mol. The summed E-state index contributed by atoms with van der Waals surface area (Å²) in [6, 6.07) is 15.1. The van der Waals surface area contributed by atoms with Gasteiger partial charge in [-0.05, 0) is 18.6 Å². The molecule has 0 saturated carbocycles. The minimum atomic E-state index is -0.968. The SMILES string of the molecule is O=C(O)CCC1c2c(cccc2C(=O)O)[NH2+]C1c1ccccc1. The molecule has 1 heterocycles. The first-order valence-electron chi connectivity index (χ1n) is 7.55. The number of hydrogen-bond acceptors (Lipinski definition) is 2. The van der Waals surface area contributed by atoms with Crippen LogP contribution in [0.1, 0.15) is 46.3 Å². The molecule has 2 aromatic carbocycles. The molecule has 0 spiro atoms. The average Bonchev–Trinajstić information content (AvgIpc) is 2.92. The monoisotopic (exact) mass is 312 g/mol. The quantitative estimate of drug-likeness (QED) is 0.739. The Morgan fingerprint density at radius 3 is 2.39 bits per heavy atom. The summed E-state index contributed by atoms with van der Waals surface area (Å²) in [4.78, 5) is 22.6. The number of rotatable bonds is 5. The molecule has 1 aliphatic heterocycles. The molecule has 0 radical (unpaired) electrons. The number of carboxylic acid groups (broad SMARTS) is 2. The molecule has 0 amide bonds. The fraction of sp³-hybridized carbons (Fsp3) is 0.222. The van der Waals surface area contributed by atoms with Crippen LogP contribution in [0.3, 0.4) is 0 Å². The van der Waals surface area contributed by atoms with Crippen LogP contribution in [0.25, 0.3) is 0 Å². The summed E-state index contributed by atoms with van der Waals surface area (Å²) >= 11 is 0. The van der Waals surface area contributed by atoms with Gasteiger partial charge in [0.25, 0.3) is 0 Å². The number of aromatic carboxylic acids is 1. The van der Waals surface area contributed by atoms with Gasteiger partial charge in [-0.25, -0.2) is 4.79 Å². The van der Waals surface area contributed by atoms with Crippen LogP contribution in [-0.2, 0) is 4.79 Å². The number of hydrogen-bond donors (Lipinski definition) is 3. The first-order chi connectivity index (χ1) is 11.1. The summed E-state index contributed by atoms with van der Waals surface area (Å²) in [6.07, 6.45) is 0.442. The second-order valence-corrected chi connectivity index (χ2v) is 5.76. The van der Waals surface area contributed by atoms with Crippen LogP contribution in [0.4, 0.5) is 5.69 Å². The summed E-state index contributed by atoms with van der Waals surface area (Å²) < 4.78 is 0. The Balaban J connectivity index is 2.04. The van der Waals surface area contributed by atoms with Crippen molar-refractivity contribution in [3.63, 3.8) is 0 Å². The Morgan fingerprint density at radius 2 is 1.74 bits per heavy atom. The van der Waals surface area contributed by atoms with Gasteiger partial charge in [0.15, 0.2) is 0 Å². The van der Waals surface area contributed by atoms with Crippen LogP contribution in [-0.4, -0.2) is 22.2 Å². The Hall–Kier alpha value is -2.66. The molecule has 118 valence electrons. The third-order valence-corrected chi connectivity index (χ3v) is 4.39. The largest absolute Gasteiger partial charge is 0.481 e. The van der Waals surface area contributed by atoms with Gasteiger partial charge in [0.1, 0.15) is 11.7 Å². The van der Waals surface area contributed by atoms with Gasteiger partial charge in [-0.3, -0.25) is 4.79 Å². The lowest BCUT2D eigenvalue weighted by molar-refractivity contribution is -0.611. The molecule has 0 aromatic heterocycles. The molecule has 23 heavy (non-hydrogen) atoms. The van der Waals surface area contributed by atoms with Crippen molar-refractivity contribution in [2.75, 3.05) is 0 Å². The molecule has 0 saturated heterocycles. The molecule has 5 heteroatoms. The number of nitrogens with two attached hydrogens (primary N) is 1. The lowest BCUT2D eigenvalue weighted by Gasteiger charge is -2.17. The van der Waals surface area contributed by atoms with E-state index < -0.39 is 11.9 Å². The summed E-state index contributed by atoms with van der Waals surface area (Å²) in [5.74, 6) is -1.96. The van der Waals surface area contributed by atoms with Crippen LogP contribution in [0, 0.1) is 0 Å². The zero-order chi connectivity index (χ0) is 16.4. The van der Waals surface area contributed by atoms with Crippen LogP contribution < -0.4 is 5.32 Å². The van der Waals surface area contributed by atoms with Gasteiger partial charge in [0.2, 0.25) is 0 Å². The first-order valence-corrected chi connectivity index (χ1v) is 7.55. The number of carbonyl (C=O) groups is 2. The Bertz CT molecular complexity index is 742. The van der Waals surface area contributed by atoms with E-state index in [4.69, 9.17) is 5.11 Å². The smallest absolute Gasteiger partial charge is 0.336 e. The van der Waals surface area contributed by atoms with E-state index in [1.807, 2.05) is 36.4 Å². The maximum Gasteiger partial charge on any atom is 0.336 e. The lowest BCUT2D eigenvalue weighted by Crippen LogP contribution is -2.77. The molecule has 3 rings (SSSR count). The van der Waals surface area contributed by atoms with Gasteiger partial charge in [-0.15, -0.1) is 0 Å². The maximum absolute atomic E-state index is 11.6. The van der Waals surface area contributed by atoms with Gasteiger partial charge < -0.3 is 15.5 Å². The van der Waals surface area contributed by atoms with Crippen LogP contribution in [0.5, 0.6) is 0 Å². The predicted molar refractivity (Wildman–Crippen MR) is 83.8 cm³/mol. The normalized spacial score (nSPS) is 19.3. The maximum atomic E-state index is 11.6. The molecule has 0 bridgehead atoms. The Kier molecular flexibility index (Phi) is 4.12. The molecular formula is C18H18NO4+. The molecule has 0 aliphatic carbocycles. The summed E-state index contributed by atoms with van der Waals surface area (Å²) in [7, 11) is 0. The minimum absolute atomic E-state index is 0.00560. The van der Waals surface area contributed by atoms with Crippen LogP contribution in [0.2, 0.25) is 0 Å². The van der Waals surface area contributed by atoms with E-state index in [0.29, 0.717) is 6.42 Å². The molecule has 5 nitrogen and oxygen atoms in total. The second-order valence-electron chi connectivity index (χ2n) is 5.76. The number of quaternary nitrogens is 1. The molecule has 2 unspecified atom stereocenters. The van der Waals surface area contributed by atoms with Crippen molar-refractivity contribution < 1.29 is 25.1 Å². The van der Waals surface area contributed by atoms with E-state index in [2.05, 4.69) is 5.32 Å². The van der Waals surface area contributed by atoms with Crippen molar-refractivity contribution >= 4 is 17.6 Å². The number of carboxylic acids is 2. The first kappa shape index (κ1) is 15.2. The van der Waals surface area contributed by atoms with Gasteiger partial charge in [0.05, 0.1) is 5.56 Å². The summed E-state index contributed by atoms with van der Waals surface area (Å²) in [5, 5.41) is 20.6. The zero-order valence-corrected chi connectivity index (χ0v) is 12.5. The van der Waals surface area contributed by atoms with E-state index in [9.17, 15) is 14.7 Å². The van der Waals surface area contributed by atoms with Crippen LogP contribution in [0.15, 0.2) is 48.5 Å². The highest BCUT2D eigenvalue weighted by Gasteiger charge is 2.40. The fourth-order valence-electron chi connectivity index (χ4n) is 3.42. The van der Waals surface area contributed by atoms with Crippen molar-refractivity contribution in [1.82, 2.24) is 0 Å². The topological polar surface area (TPSA) is 91.2 Å². The van der Waals surface area contributed by atoms with Gasteiger partial charge in [0, 0.05) is 23.5 Å². The molecule has 1 aliphatic rings. The molecule has 2 atom stereocenters. The van der Waals surface area contributed by atoms with Gasteiger partial charge in [-0.1, -0.05) is 36.4 Å². The Morgan fingerprint density at radius 1 is 1.00 bits per heavy atom. The van der Waals surface area contributed by atoms with E-state index in [-0.39, 0.29) is 23.9 Å². The molecule has 2 aromatic rings. The van der Waals surface area contributed by atoms with E-state index in [0.717, 1.165) is 16.8 Å². The predicted octanol–water partition coefficient (Wildman–Crippen LogP) is 2.28. The number of fused-ring (bicyclic) bond motifs is 1. The van der Waals surface area contributed by atoms with Crippen LogP contribution >= 0.6 is 0 Å². The van der Waals surface area contributed by atoms with Crippen molar-refractivity contribution in [3.05, 3.63) is 65.2 Å². The lowest BCUT2D eigenvalue weighted by atomic mass is 9.84. The number of aliphatic carboxylic acids is 1. The van der Waals surface area contributed by atoms with Crippen molar-refractivity contribution in [2.24, 2.45) is 0 Å². The minimum Gasteiger partial charge on any atom is -0.481 e. The van der Waals surface area contributed by atoms with E-state index >= 15 is 0 Å². The summed E-state index contributed by atoms with van der Waals surface area (Å²) in [6.45, 7) is 0. The Labute approximate surface area is 133 Å². The second kappa shape index (κ2) is 6.22. The third kappa shape index (κ3) is 2.96. The highest BCUT2D eigenvalue weighted by Crippen LogP contribution is 2.41. The van der Waals surface area contributed by atoms with Crippen molar-refractivity contribution in [2.45, 2.75) is 24.8 Å². The van der Waals surface area contributed by atoms with E-state index in [1.54, 1.807) is 12.1 Å². The fourth-order valence-corrected chi connectivity index (χ4v) is 3.42. The zero-order valence-electron chi connectivity index (χ0n) is 12.5. The molecular weight excluding hydrogens is 294 g/mol.